The first-order chi connectivity index (χ1) is 13.0. The van der Waals surface area contributed by atoms with Gasteiger partial charge in [0.1, 0.15) is 0 Å². The zero-order chi connectivity index (χ0) is 19.6. The van der Waals surface area contributed by atoms with Gasteiger partial charge in [0.2, 0.25) is 0 Å². The lowest BCUT2D eigenvalue weighted by Gasteiger charge is -2.09. The maximum atomic E-state index is 11.7. The number of imide groups is 2. The summed E-state index contributed by atoms with van der Waals surface area (Å²) in [5.74, 6) is -0.817. The molecule has 4 amide bonds. The largest absolute Gasteiger partial charge is 0.275 e. The van der Waals surface area contributed by atoms with Gasteiger partial charge in [-0.25, -0.2) is 0 Å². The van der Waals surface area contributed by atoms with E-state index in [0.29, 0.717) is 28.8 Å². The van der Waals surface area contributed by atoms with Crippen LogP contribution in [-0.4, -0.2) is 46.5 Å². The van der Waals surface area contributed by atoms with Crippen molar-refractivity contribution in [2.24, 2.45) is 0 Å². The highest BCUT2D eigenvalue weighted by atomic mass is 16.2. The summed E-state index contributed by atoms with van der Waals surface area (Å²) in [4.78, 5) is 48.8. The van der Waals surface area contributed by atoms with E-state index in [4.69, 9.17) is 0 Å². The van der Waals surface area contributed by atoms with Gasteiger partial charge in [0.15, 0.2) is 0 Å². The fourth-order valence-corrected chi connectivity index (χ4v) is 3.06. The molecule has 0 aliphatic carbocycles. The molecule has 0 spiro atoms. The van der Waals surface area contributed by atoms with Crippen LogP contribution in [-0.2, 0) is 0 Å². The van der Waals surface area contributed by atoms with Crippen molar-refractivity contribution >= 4 is 23.6 Å². The predicted molar refractivity (Wildman–Crippen MR) is 99.5 cm³/mol. The Morgan fingerprint density at radius 2 is 1.04 bits per heavy atom. The fraction of sp³-hybridized carbons (Fsp3) is 0.143. The molecule has 0 saturated heterocycles. The van der Waals surface area contributed by atoms with E-state index in [1.807, 2.05) is 0 Å². The van der Waals surface area contributed by atoms with Gasteiger partial charge in [-0.1, -0.05) is 30.3 Å². The lowest BCUT2D eigenvalue weighted by Crippen LogP contribution is -2.29. The Kier molecular flexibility index (Phi) is 4.98. The Morgan fingerprint density at radius 3 is 1.33 bits per heavy atom. The SMILES string of the molecule is C=CCN1C(=O)c2ccccc2C1=O.CCN1C(=O)c2ccccc2C1=O. The highest BCUT2D eigenvalue weighted by Gasteiger charge is 2.34. The van der Waals surface area contributed by atoms with Gasteiger partial charge in [-0.3, -0.25) is 29.0 Å². The third kappa shape index (κ3) is 3.06. The van der Waals surface area contributed by atoms with E-state index >= 15 is 0 Å². The van der Waals surface area contributed by atoms with E-state index in [1.54, 1.807) is 61.5 Å². The Hall–Kier alpha value is -3.54. The van der Waals surface area contributed by atoms with Crippen molar-refractivity contribution in [2.45, 2.75) is 6.92 Å². The molecule has 0 bridgehead atoms. The second kappa shape index (κ2) is 7.37. The smallest absolute Gasteiger partial charge is 0.261 e. The molecule has 0 atom stereocenters. The van der Waals surface area contributed by atoms with Crippen LogP contribution in [0.2, 0.25) is 0 Å². The van der Waals surface area contributed by atoms with Crippen molar-refractivity contribution in [3.8, 4) is 0 Å². The molecule has 0 unspecified atom stereocenters. The van der Waals surface area contributed by atoms with Gasteiger partial charge in [0.05, 0.1) is 22.3 Å². The monoisotopic (exact) mass is 362 g/mol. The number of benzene rings is 2. The lowest BCUT2D eigenvalue weighted by molar-refractivity contribution is 0.0651. The Balaban J connectivity index is 0.000000156. The van der Waals surface area contributed by atoms with Gasteiger partial charge >= 0.3 is 0 Å². The number of hydrogen-bond acceptors (Lipinski definition) is 4. The van der Waals surface area contributed by atoms with E-state index in [1.165, 1.54) is 9.80 Å². The van der Waals surface area contributed by atoms with Crippen LogP contribution >= 0.6 is 0 Å². The molecule has 2 aromatic rings. The topological polar surface area (TPSA) is 74.8 Å². The van der Waals surface area contributed by atoms with Gasteiger partial charge in [-0.05, 0) is 31.2 Å². The maximum Gasteiger partial charge on any atom is 0.261 e. The van der Waals surface area contributed by atoms with Gasteiger partial charge in [-0.2, -0.15) is 0 Å². The van der Waals surface area contributed by atoms with E-state index in [0.717, 1.165) is 0 Å². The molecule has 2 aromatic carbocycles. The summed E-state index contributed by atoms with van der Waals surface area (Å²) in [6.07, 6.45) is 1.54. The average Bonchev–Trinajstić information content (AvgIpc) is 3.09. The average molecular weight is 362 g/mol. The van der Waals surface area contributed by atoms with Crippen LogP contribution in [0.5, 0.6) is 0 Å². The molecule has 6 nitrogen and oxygen atoms in total. The van der Waals surface area contributed by atoms with Gasteiger partial charge in [0, 0.05) is 13.1 Å². The maximum absolute atomic E-state index is 11.7. The Bertz CT molecular complexity index is 894. The summed E-state index contributed by atoms with van der Waals surface area (Å²) < 4.78 is 0. The normalized spacial score (nSPS) is 14.7. The molecule has 0 N–H and O–H groups in total. The minimum Gasteiger partial charge on any atom is -0.275 e. The zero-order valence-electron chi connectivity index (χ0n) is 14.8. The summed E-state index contributed by atoms with van der Waals surface area (Å²) >= 11 is 0. The second-order valence-electron chi connectivity index (χ2n) is 5.96. The van der Waals surface area contributed by atoms with E-state index in [9.17, 15) is 19.2 Å². The number of rotatable bonds is 3. The quantitative estimate of drug-likeness (QED) is 0.622. The molecule has 0 aromatic heterocycles. The molecular weight excluding hydrogens is 344 g/mol. The van der Waals surface area contributed by atoms with Crippen molar-refractivity contribution < 1.29 is 19.2 Å². The van der Waals surface area contributed by atoms with Crippen molar-refractivity contribution in [2.75, 3.05) is 13.1 Å². The summed E-state index contributed by atoms with van der Waals surface area (Å²) in [6.45, 7) is 6.01. The first kappa shape index (κ1) is 18.3. The van der Waals surface area contributed by atoms with Crippen molar-refractivity contribution in [3.05, 3.63) is 83.4 Å². The third-order valence-electron chi connectivity index (χ3n) is 4.38. The summed E-state index contributed by atoms with van der Waals surface area (Å²) in [5.41, 5.74) is 2.02. The number of carbonyl (C=O) groups is 4. The molecule has 0 radical (unpaired) electrons. The van der Waals surface area contributed by atoms with Crippen molar-refractivity contribution in [1.29, 1.82) is 0 Å². The Morgan fingerprint density at radius 1 is 0.704 bits per heavy atom. The minimum absolute atomic E-state index is 0.178. The van der Waals surface area contributed by atoms with Gasteiger partial charge in [-0.15, -0.1) is 6.58 Å². The summed E-state index contributed by atoms with van der Waals surface area (Å²) in [6, 6.07) is 13.7. The second-order valence-corrected chi connectivity index (χ2v) is 5.96. The van der Waals surface area contributed by atoms with Crippen LogP contribution in [0, 0.1) is 0 Å². The molecule has 2 aliphatic rings. The highest BCUT2D eigenvalue weighted by molar-refractivity contribution is 6.22. The fourth-order valence-electron chi connectivity index (χ4n) is 3.06. The van der Waals surface area contributed by atoms with E-state index in [-0.39, 0.29) is 30.2 Å². The molecule has 2 heterocycles. The van der Waals surface area contributed by atoms with Crippen LogP contribution < -0.4 is 0 Å². The van der Waals surface area contributed by atoms with Crippen LogP contribution in [0.3, 0.4) is 0 Å². The predicted octanol–water partition coefficient (Wildman–Crippen LogP) is 2.77. The molecule has 136 valence electrons. The van der Waals surface area contributed by atoms with Gasteiger partial charge < -0.3 is 0 Å². The Labute approximate surface area is 156 Å². The van der Waals surface area contributed by atoms with Crippen molar-refractivity contribution in [1.82, 2.24) is 9.80 Å². The minimum atomic E-state index is -0.231. The molecule has 0 fully saturated rings. The summed E-state index contributed by atoms with van der Waals surface area (Å²) in [5, 5.41) is 0. The molecule has 2 aliphatic heterocycles. The lowest BCUT2D eigenvalue weighted by atomic mass is 10.1. The van der Waals surface area contributed by atoms with Crippen LogP contribution in [0.15, 0.2) is 61.2 Å². The van der Waals surface area contributed by atoms with Crippen LogP contribution in [0.1, 0.15) is 48.4 Å². The molecule has 27 heavy (non-hydrogen) atoms. The molecule has 0 saturated carbocycles. The number of fused-ring (bicyclic) bond motifs is 2. The molecule has 4 rings (SSSR count). The third-order valence-corrected chi connectivity index (χ3v) is 4.38. The number of nitrogens with zero attached hydrogens (tertiary/aromatic N) is 2. The summed E-state index contributed by atoms with van der Waals surface area (Å²) in [7, 11) is 0. The first-order valence-electron chi connectivity index (χ1n) is 8.52. The van der Waals surface area contributed by atoms with E-state index in [2.05, 4.69) is 6.58 Å². The molecule has 6 heteroatoms. The molecular formula is C21H18N2O4. The number of amides is 4. The zero-order valence-corrected chi connectivity index (χ0v) is 14.8. The van der Waals surface area contributed by atoms with Crippen molar-refractivity contribution in [3.63, 3.8) is 0 Å². The standard InChI is InChI=1S/C11H9NO2.C10H9NO2/c1-2-7-12-10(13)8-5-3-4-6-9(8)11(12)14;1-2-11-9(12)7-5-3-4-6-8(7)10(11)13/h2-6H,1,7H2;3-6H,2H2,1H3. The van der Waals surface area contributed by atoms with Crippen LogP contribution in [0.4, 0.5) is 0 Å². The number of hydrogen-bond donors (Lipinski definition) is 0. The highest BCUT2D eigenvalue weighted by Crippen LogP contribution is 2.22. The van der Waals surface area contributed by atoms with Crippen LogP contribution in [0.25, 0.3) is 0 Å². The first-order valence-corrected chi connectivity index (χ1v) is 8.52. The van der Waals surface area contributed by atoms with Gasteiger partial charge in [0.25, 0.3) is 23.6 Å². The number of carbonyl (C=O) groups excluding carboxylic acids is 4. The van der Waals surface area contributed by atoms with E-state index < -0.39 is 0 Å².